The summed E-state index contributed by atoms with van der Waals surface area (Å²) >= 11 is 0.793. The number of amides is 3. The van der Waals surface area contributed by atoms with Crippen molar-refractivity contribution in [1.29, 1.82) is 0 Å². The Morgan fingerprint density at radius 1 is 0.892 bits per heavy atom. The highest BCUT2D eigenvalue weighted by molar-refractivity contribution is 8.18. The molecule has 0 aromatic heterocycles. The first-order valence-corrected chi connectivity index (χ1v) is 12.5. The standard InChI is InChI=1S/C28H26N2O6S/c1-2-34-24-17-20(13-14-23(24)36-16-15-35-22-11-7-4-8-12-22)18-25-27(32)30(28(33)37-25)19-26(31)29-21-9-5-3-6-10-21/h3-14,17-18H,2,15-16,19H2,1H3,(H,29,31)/b25-18-. The first-order chi connectivity index (χ1) is 18.0. The number of hydrogen-bond acceptors (Lipinski definition) is 7. The van der Waals surface area contributed by atoms with Crippen LogP contribution >= 0.6 is 11.8 Å². The lowest BCUT2D eigenvalue weighted by Crippen LogP contribution is -2.36. The average molecular weight is 519 g/mol. The fourth-order valence-electron chi connectivity index (χ4n) is 3.48. The Morgan fingerprint density at radius 3 is 2.32 bits per heavy atom. The summed E-state index contributed by atoms with van der Waals surface area (Å²) in [6.07, 6.45) is 1.60. The lowest BCUT2D eigenvalue weighted by atomic mass is 10.2. The average Bonchev–Trinajstić information content (AvgIpc) is 3.16. The van der Waals surface area contributed by atoms with Crippen LogP contribution in [0.4, 0.5) is 10.5 Å². The maximum Gasteiger partial charge on any atom is 0.294 e. The molecule has 4 rings (SSSR count). The normalized spacial score (nSPS) is 14.1. The quantitative estimate of drug-likeness (QED) is 0.275. The minimum absolute atomic E-state index is 0.227. The third-order valence-electron chi connectivity index (χ3n) is 5.15. The van der Waals surface area contributed by atoms with Gasteiger partial charge in [-0.1, -0.05) is 42.5 Å². The molecule has 1 aliphatic rings. The molecule has 0 unspecified atom stereocenters. The molecule has 1 heterocycles. The zero-order valence-corrected chi connectivity index (χ0v) is 21.0. The topological polar surface area (TPSA) is 94.2 Å². The summed E-state index contributed by atoms with van der Waals surface area (Å²) in [5.41, 5.74) is 1.25. The molecule has 0 atom stereocenters. The van der Waals surface area contributed by atoms with Crippen LogP contribution in [-0.2, 0) is 9.59 Å². The second kappa shape index (κ2) is 12.6. The molecule has 3 amide bonds. The van der Waals surface area contributed by atoms with E-state index in [1.165, 1.54) is 0 Å². The Morgan fingerprint density at radius 2 is 1.59 bits per heavy atom. The summed E-state index contributed by atoms with van der Waals surface area (Å²) in [7, 11) is 0. The predicted molar refractivity (Wildman–Crippen MR) is 143 cm³/mol. The molecule has 9 heteroatoms. The molecule has 3 aromatic rings. The number of nitrogens with zero attached hydrogens (tertiary/aromatic N) is 1. The molecule has 1 N–H and O–H groups in total. The first-order valence-electron chi connectivity index (χ1n) is 11.7. The van der Waals surface area contributed by atoms with Gasteiger partial charge < -0.3 is 19.5 Å². The van der Waals surface area contributed by atoms with Gasteiger partial charge in [0, 0.05) is 5.69 Å². The lowest BCUT2D eigenvalue weighted by Gasteiger charge is -2.13. The number of carbonyl (C=O) groups excluding carboxylic acids is 3. The zero-order chi connectivity index (χ0) is 26.0. The van der Waals surface area contributed by atoms with Crippen LogP contribution in [-0.4, -0.2) is 48.3 Å². The van der Waals surface area contributed by atoms with Crippen molar-refractivity contribution in [1.82, 2.24) is 4.90 Å². The summed E-state index contributed by atoms with van der Waals surface area (Å²) in [6.45, 7) is 2.60. The van der Waals surface area contributed by atoms with Crippen molar-refractivity contribution >= 4 is 40.6 Å². The number of benzene rings is 3. The summed E-state index contributed by atoms with van der Waals surface area (Å²) in [5, 5.41) is 2.18. The van der Waals surface area contributed by atoms with E-state index in [2.05, 4.69) is 5.32 Å². The van der Waals surface area contributed by atoms with E-state index < -0.39 is 17.1 Å². The molecule has 8 nitrogen and oxygen atoms in total. The number of para-hydroxylation sites is 2. The highest BCUT2D eigenvalue weighted by Gasteiger charge is 2.36. The molecule has 1 aliphatic heterocycles. The van der Waals surface area contributed by atoms with Gasteiger partial charge in [0.2, 0.25) is 5.91 Å². The first kappa shape index (κ1) is 25.8. The van der Waals surface area contributed by atoms with Crippen molar-refractivity contribution in [3.05, 3.63) is 89.3 Å². The van der Waals surface area contributed by atoms with Gasteiger partial charge in [-0.2, -0.15) is 0 Å². The van der Waals surface area contributed by atoms with Crippen LogP contribution in [0.1, 0.15) is 12.5 Å². The highest BCUT2D eigenvalue weighted by Crippen LogP contribution is 2.34. The van der Waals surface area contributed by atoms with Gasteiger partial charge in [0.1, 0.15) is 25.5 Å². The monoisotopic (exact) mass is 518 g/mol. The molecule has 0 bridgehead atoms. The van der Waals surface area contributed by atoms with Gasteiger partial charge in [-0.25, -0.2) is 0 Å². The van der Waals surface area contributed by atoms with Gasteiger partial charge in [0.25, 0.3) is 11.1 Å². The molecule has 1 fully saturated rings. The van der Waals surface area contributed by atoms with Crippen molar-refractivity contribution in [3.8, 4) is 17.2 Å². The molecule has 0 saturated carbocycles. The number of thioether (sulfide) groups is 1. The Kier molecular flexibility index (Phi) is 8.83. The number of ether oxygens (including phenoxy) is 3. The van der Waals surface area contributed by atoms with E-state index in [9.17, 15) is 14.4 Å². The number of anilines is 1. The summed E-state index contributed by atoms with van der Waals surface area (Å²) in [6, 6.07) is 23.6. The largest absolute Gasteiger partial charge is 0.490 e. The van der Waals surface area contributed by atoms with Gasteiger partial charge >= 0.3 is 0 Å². The van der Waals surface area contributed by atoms with Crippen LogP contribution in [0.2, 0.25) is 0 Å². The SMILES string of the molecule is CCOc1cc(/C=C2\SC(=O)N(CC(=O)Nc3ccccc3)C2=O)ccc1OCCOc1ccccc1. The molecule has 37 heavy (non-hydrogen) atoms. The Balaban J connectivity index is 1.38. The third-order valence-corrected chi connectivity index (χ3v) is 6.06. The van der Waals surface area contributed by atoms with Gasteiger partial charge in [-0.15, -0.1) is 0 Å². The predicted octanol–water partition coefficient (Wildman–Crippen LogP) is 5.22. The second-order valence-corrected chi connectivity index (χ2v) is 8.82. The van der Waals surface area contributed by atoms with Crippen molar-refractivity contribution in [2.45, 2.75) is 6.92 Å². The molecule has 1 saturated heterocycles. The molecule has 0 radical (unpaired) electrons. The van der Waals surface area contributed by atoms with Crippen LogP contribution < -0.4 is 19.5 Å². The van der Waals surface area contributed by atoms with E-state index in [1.807, 2.05) is 43.3 Å². The van der Waals surface area contributed by atoms with E-state index in [4.69, 9.17) is 14.2 Å². The van der Waals surface area contributed by atoms with E-state index in [0.29, 0.717) is 42.6 Å². The zero-order valence-electron chi connectivity index (χ0n) is 20.2. The van der Waals surface area contributed by atoms with Crippen molar-refractivity contribution in [3.63, 3.8) is 0 Å². The molecule has 190 valence electrons. The summed E-state index contributed by atoms with van der Waals surface area (Å²) in [5.74, 6) is 0.845. The van der Waals surface area contributed by atoms with Crippen LogP contribution in [0, 0.1) is 0 Å². The van der Waals surface area contributed by atoms with Crippen molar-refractivity contribution < 1.29 is 28.6 Å². The van der Waals surface area contributed by atoms with Gasteiger partial charge in [-0.05, 0) is 66.7 Å². The maximum atomic E-state index is 12.8. The number of carbonyl (C=O) groups is 3. The van der Waals surface area contributed by atoms with Crippen molar-refractivity contribution in [2.75, 3.05) is 31.7 Å². The van der Waals surface area contributed by atoms with E-state index in [1.54, 1.807) is 48.5 Å². The van der Waals surface area contributed by atoms with Gasteiger partial charge in [-0.3, -0.25) is 19.3 Å². The fourth-order valence-corrected chi connectivity index (χ4v) is 4.32. The third kappa shape index (κ3) is 7.14. The number of imide groups is 1. The molecule has 3 aromatic carbocycles. The van der Waals surface area contributed by atoms with E-state index >= 15 is 0 Å². The Hall–Kier alpha value is -4.24. The number of rotatable bonds is 11. The summed E-state index contributed by atoms with van der Waals surface area (Å²) in [4.78, 5) is 38.8. The lowest BCUT2D eigenvalue weighted by molar-refractivity contribution is -0.127. The minimum Gasteiger partial charge on any atom is -0.490 e. The van der Waals surface area contributed by atoms with E-state index in [-0.39, 0.29) is 11.4 Å². The molecular weight excluding hydrogens is 492 g/mol. The maximum absolute atomic E-state index is 12.8. The number of nitrogens with one attached hydrogen (secondary N) is 1. The minimum atomic E-state index is -0.519. The Bertz CT molecular complexity index is 1280. The van der Waals surface area contributed by atoms with Gasteiger partial charge in [0.15, 0.2) is 11.5 Å². The van der Waals surface area contributed by atoms with E-state index in [0.717, 1.165) is 22.4 Å². The smallest absolute Gasteiger partial charge is 0.294 e. The molecule has 0 spiro atoms. The van der Waals surface area contributed by atoms with Crippen LogP contribution in [0.25, 0.3) is 6.08 Å². The second-order valence-electron chi connectivity index (χ2n) is 7.83. The highest BCUT2D eigenvalue weighted by atomic mass is 32.2. The number of hydrogen-bond donors (Lipinski definition) is 1. The Labute approximate surface area is 219 Å². The van der Waals surface area contributed by atoms with Crippen LogP contribution in [0.3, 0.4) is 0 Å². The van der Waals surface area contributed by atoms with Gasteiger partial charge in [0.05, 0.1) is 11.5 Å². The van der Waals surface area contributed by atoms with Crippen LogP contribution in [0.5, 0.6) is 17.2 Å². The van der Waals surface area contributed by atoms with Crippen molar-refractivity contribution in [2.24, 2.45) is 0 Å². The molecule has 0 aliphatic carbocycles. The fraction of sp³-hybridized carbons (Fsp3) is 0.179. The van der Waals surface area contributed by atoms with Crippen LogP contribution in [0.15, 0.2) is 83.8 Å². The molecular formula is C28H26N2O6S. The summed E-state index contributed by atoms with van der Waals surface area (Å²) < 4.78 is 17.2.